The first-order valence-corrected chi connectivity index (χ1v) is 5.66. The van der Waals surface area contributed by atoms with Crippen molar-refractivity contribution in [3.05, 3.63) is 28.5 Å². The molecule has 0 radical (unpaired) electrons. The van der Waals surface area contributed by atoms with Gasteiger partial charge in [-0.1, -0.05) is 0 Å². The summed E-state index contributed by atoms with van der Waals surface area (Å²) in [5.74, 6) is -2.16. The fraction of sp³-hybridized carbons (Fsp3) is 0.200. The lowest BCUT2D eigenvalue weighted by atomic mass is 10.2. The number of hydrogen-bond acceptors (Lipinski definition) is 4. The van der Waals surface area contributed by atoms with E-state index in [4.69, 9.17) is 5.11 Å². The summed E-state index contributed by atoms with van der Waals surface area (Å²) in [4.78, 5) is 36.8. The molecule has 1 rings (SSSR count). The molecule has 1 aromatic rings. The minimum atomic E-state index is -1.15. The second-order valence-electron chi connectivity index (χ2n) is 3.22. The summed E-state index contributed by atoms with van der Waals surface area (Å²) in [7, 11) is 0. The molecule has 1 aromatic heterocycles. The Labute approximate surface area is 111 Å². The molecule has 1 heterocycles. The van der Waals surface area contributed by atoms with Crippen LogP contribution in [0, 0.1) is 0 Å². The molecule has 0 aromatic carbocycles. The fourth-order valence-electron chi connectivity index (χ4n) is 1.04. The highest BCUT2D eigenvalue weighted by Gasteiger charge is 2.09. The van der Waals surface area contributed by atoms with Gasteiger partial charge in [-0.05, 0) is 28.1 Å². The third kappa shape index (κ3) is 4.91. The van der Waals surface area contributed by atoms with Gasteiger partial charge in [-0.2, -0.15) is 0 Å². The normalized spacial score (nSPS) is 9.61. The number of halogens is 1. The molecular weight excluding hydrogens is 306 g/mol. The number of carbonyl (C=O) groups excluding carboxylic acids is 2. The number of rotatable bonds is 5. The van der Waals surface area contributed by atoms with Crippen molar-refractivity contribution < 1.29 is 19.5 Å². The topological polar surface area (TPSA) is 108 Å². The minimum Gasteiger partial charge on any atom is -0.480 e. The van der Waals surface area contributed by atoms with Crippen LogP contribution in [-0.2, 0) is 9.59 Å². The molecule has 0 aliphatic rings. The predicted octanol–water partition coefficient (Wildman–Crippen LogP) is -0.225. The van der Waals surface area contributed by atoms with Gasteiger partial charge in [0.05, 0.1) is 6.54 Å². The predicted molar refractivity (Wildman–Crippen MR) is 64.9 cm³/mol. The molecule has 0 spiro atoms. The van der Waals surface area contributed by atoms with Gasteiger partial charge in [-0.15, -0.1) is 0 Å². The van der Waals surface area contributed by atoms with Crippen LogP contribution in [0.4, 0.5) is 0 Å². The van der Waals surface area contributed by atoms with Crippen molar-refractivity contribution in [3.8, 4) is 0 Å². The van der Waals surface area contributed by atoms with Crippen molar-refractivity contribution in [2.24, 2.45) is 0 Å². The average Bonchev–Trinajstić information content (AvgIpc) is 2.33. The van der Waals surface area contributed by atoms with E-state index in [9.17, 15) is 14.4 Å². The van der Waals surface area contributed by atoms with E-state index in [-0.39, 0.29) is 6.54 Å². The Bertz CT molecular complexity index is 478. The number of carbonyl (C=O) groups is 3. The Morgan fingerprint density at radius 1 is 1.28 bits per heavy atom. The molecular formula is C10H10BrN3O4. The Balaban J connectivity index is 2.42. The van der Waals surface area contributed by atoms with Gasteiger partial charge in [-0.25, -0.2) is 4.98 Å². The standard InChI is InChI=1S/C10H10BrN3O4/c11-7-3-6(1-2-12-7)10(18)14-4-8(15)13-5-9(16)17/h1-3H,4-5H2,(H,13,15)(H,14,18)(H,16,17). The fourth-order valence-corrected chi connectivity index (χ4v) is 1.41. The second kappa shape index (κ2) is 6.70. The first-order chi connectivity index (χ1) is 8.49. The molecule has 2 amide bonds. The highest BCUT2D eigenvalue weighted by molar-refractivity contribution is 9.10. The maximum atomic E-state index is 11.6. The van der Waals surface area contributed by atoms with Crippen LogP contribution in [0.1, 0.15) is 10.4 Å². The van der Waals surface area contributed by atoms with Crippen LogP contribution in [0.15, 0.2) is 22.9 Å². The SMILES string of the molecule is O=C(O)CNC(=O)CNC(=O)c1ccnc(Br)c1. The van der Waals surface area contributed by atoms with Gasteiger partial charge in [0.25, 0.3) is 5.91 Å². The summed E-state index contributed by atoms with van der Waals surface area (Å²) in [6, 6.07) is 3.00. The molecule has 0 atom stereocenters. The van der Waals surface area contributed by atoms with Gasteiger partial charge in [0.1, 0.15) is 11.1 Å². The van der Waals surface area contributed by atoms with E-state index in [2.05, 4.69) is 31.5 Å². The molecule has 0 bridgehead atoms. The van der Waals surface area contributed by atoms with Crippen molar-refractivity contribution in [1.29, 1.82) is 0 Å². The van der Waals surface area contributed by atoms with Crippen molar-refractivity contribution in [2.45, 2.75) is 0 Å². The lowest BCUT2D eigenvalue weighted by molar-refractivity contribution is -0.137. The smallest absolute Gasteiger partial charge is 0.322 e. The molecule has 7 nitrogen and oxygen atoms in total. The maximum Gasteiger partial charge on any atom is 0.322 e. The first-order valence-electron chi connectivity index (χ1n) is 4.87. The monoisotopic (exact) mass is 315 g/mol. The summed E-state index contributed by atoms with van der Waals surface area (Å²) < 4.78 is 0.505. The molecule has 0 saturated carbocycles. The number of aromatic nitrogens is 1. The largest absolute Gasteiger partial charge is 0.480 e. The number of pyridine rings is 1. The van der Waals surface area contributed by atoms with E-state index in [1.54, 1.807) is 0 Å². The maximum absolute atomic E-state index is 11.6. The summed E-state index contributed by atoms with van der Waals surface area (Å²) in [5.41, 5.74) is 0.350. The number of nitrogens with zero attached hydrogens (tertiary/aromatic N) is 1. The third-order valence-corrected chi connectivity index (χ3v) is 2.27. The summed E-state index contributed by atoms with van der Waals surface area (Å²) in [6.45, 7) is -0.762. The molecule has 0 aliphatic carbocycles. The molecule has 0 unspecified atom stereocenters. The van der Waals surface area contributed by atoms with Gasteiger partial charge < -0.3 is 15.7 Å². The first kappa shape index (κ1) is 14.1. The van der Waals surface area contributed by atoms with Crippen LogP contribution in [0.5, 0.6) is 0 Å². The zero-order chi connectivity index (χ0) is 13.5. The number of hydrogen-bond donors (Lipinski definition) is 3. The Morgan fingerprint density at radius 2 is 2.00 bits per heavy atom. The summed E-state index contributed by atoms with van der Waals surface area (Å²) in [6.07, 6.45) is 1.45. The molecule has 3 N–H and O–H groups in total. The van der Waals surface area contributed by atoms with Crippen molar-refractivity contribution in [3.63, 3.8) is 0 Å². The minimum absolute atomic E-state index is 0.286. The van der Waals surface area contributed by atoms with Crippen molar-refractivity contribution >= 4 is 33.7 Å². The zero-order valence-electron chi connectivity index (χ0n) is 9.14. The van der Waals surface area contributed by atoms with Crippen LogP contribution in [0.3, 0.4) is 0 Å². The van der Waals surface area contributed by atoms with Crippen LogP contribution >= 0.6 is 15.9 Å². The Hall–Kier alpha value is -1.96. The number of aliphatic carboxylic acids is 1. The van der Waals surface area contributed by atoms with Crippen LogP contribution in [0.25, 0.3) is 0 Å². The number of amides is 2. The quantitative estimate of drug-likeness (QED) is 0.651. The summed E-state index contributed by atoms with van der Waals surface area (Å²) in [5, 5.41) is 12.8. The van der Waals surface area contributed by atoms with Gasteiger partial charge in [0.2, 0.25) is 5.91 Å². The number of carboxylic acids is 1. The van der Waals surface area contributed by atoms with E-state index in [1.165, 1.54) is 18.3 Å². The van der Waals surface area contributed by atoms with E-state index >= 15 is 0 Å². The Morgan fingerprint density at radius 3 is 2.61 bits per heavy atom. The van der Waals surface area contributed by atoms with Gasteiger partial charge in [0.15, 0.2) is 0 Å². The van der Waals surface area contributed by atoms with Crippen LogP contribution in [-0.4, -0.2) is 41.0 Å². The molecule has 96 valence electrons. The van der Waals surface area contributed by atoms with Gasteiger partial charge >= 0.3 is 5.97 Å². The van der Waals surface area contributed by atoms with Gasteiger partial charge in [-0.3, -0.25) is 14.4 Å². The highest BCUT2D eigenvalue weighted by Crippen LogP contribution is 2.07. The second-order valence-corrected chi connectivity index (χ2v) is 4.03. The van der Waals surface area contributed by atoms with Crippen LogP contribution < -0.4 is 10.6 Å². The molecule has 8 heteroatoms. The van der Waals surface area contributed by atoms with Crippen LogP contribution in [0.2, 0.25) is 0 Å². The lowest BCUT2D eigenvalue weighted by Gasteiger charge is -2.05. The van der Waals surface area contributed by atoms with Gasteiger partial charge in [0, 0.05) is 11.8 Å². The highest BCUT2D eigenvalue weighted by atomic mass is 79.9. The Kier molecular flexibility index (Phi) is 5.25. The molecule has 18 heavy (non-hydrogen) atoms. The molecule has 0 aliphatic heterocycles. The van der Waals surface area contributed by atoms with E-state index in [0.717, 1.165) is 0 Å². The summed E-state index contributed by atoms with van der Waals surface area (Å²) >= 11 is 3.12. The zero-order valence-corrected chi connectivity index (χ0v) is 10.7. The average molecular weight is 316 g/mol. The number of carboxylic acid groups (broad SMARTS) is 1. The lowest BCUT2D eigenvalue weighted by Crippen LogP contribution is -2.39. The van der Waals surface area contributed by atoms with E-state index < -0.39 is 24.3 Å². The van der Waals surface area contributed by atoms with E-state index in [1.807, 2.05) is 0 Å². The molecule has 0 saturated heterocycles. The van der Waals surface area contributed by atoms with Crippen molar-refractivity contribution in [1.82, 2.24) is 15.6 Å². The van der Waals surface area contributed by atoms with E-state index in [0.29, 0.717) is 10.2 Å². The van der Waals surface area contributed by atoms with Crippen molar-refractivity contribution in [2.75, 3.05) is 13.1 Å². The number of nitrogens with one attached hydrogen (secondary N) is 2. The third-order valence-electron chi connectivity index (χ3n) is 1.84. The molecule has 0 fully saturated rings.